The van der Waals surface area contributed by atoms with Crippen molar-refractivity contribution in [3.63, 3.8) is 0 Å². The summed E-state index contributed by atoms with van der Waals surface area (Å²) < 4.78 is 0. The van der Waals surface area contributed by atoms with E-state index in [1.165, 1.54) is 45.3 Å². The van der Waals surface area contributed by atoms with Crippen molar-refractivity contribution in [2.75, 3.05) is 40.3 Å². The monoisotopic (exact) mass is 253 g/mol. The molecule has 2 heterocycles. The number of amides is 1. The Morgan fingerprint density at radius 2 is 2.17 bits per heavy atom. The van der Waals surface area contributed by atoms with E-state index < -0.39 is 0 Å². The highest BCUT2D eigenvalue weighted by atomic mass is 16.2. The predicted molar refractivity (Wildman–Crippen MR) is 73.5 cm³/mol. The number of carbonyl (C=O) groups excluding carboxylic acids is 1. The Morgan fingerprint density at radius 1 is 1.33 bits per heavy atom. The molecule has 0 radical (unpaired) electrons. The third-order valence-corrected chi connectivity index (χ3v) is 4.35. The van der Waals surface area contributed by atoms with Gasteiger partial charge in [-0.25, -0.2) is 0 Å². The van der Waals surface area contributed by atoms with Crippen molar-refractivity contribution in [2.45, 2.75) is 38.1 Å². The number of carbonyl (C=O) groups is 1. The van der Waals surface area contributed by atoms with Crippen molar-refractivity contribution < 1.29 is 4.79 Å². The van der Waals surface area contributed by atoms with Crippen molar-refractivity contribution >= 4 is 5.91 Å². The van der Waals surface area contributed by atoms with Gasteiger partial charge >= 0.3 is 0 Å². The Balaban J connectivity index is 1.74. The normalized spacial score (nSPS) is 29.4. The number of likely N-dealkylation sites (tertiary alicyclic amines) is 1. The average Bonchev–Trinajstić information content (AvgIpc) is 2.90. The van der Waals surface area contributed by atoms with E-state index in [0.29, 0.717) is 6.42 Å². The van der Waals surface area contributed by atoms with Gasteiger partial charge in [-0.15, -0.1) is 0 Å². The van der Waals surface area contributed by atoms with E-state index >= 15 is 0 Å². The lowest BCUT2D eigenvalue weighted by atomic mass is 9.90. The first-order chi connectivity index (χ1) is 8.66. The standard InChI is InChI=1S/C14H27N3O/c1-16(2)14(18)7-10-17-9-4-5-12(11-17)13-6-3-8-15-13/h12-13,15H,3-11H2,1-2H3. The SMILES string of the molecule is CN(C)C(=O)CCN1CCCC(C2CCCN2)C1. The minimum atomic E-state index is 0.246. The fraction of sp³-hybridized carbons (Fsp3) is 0.929. The van der Waals surface area contributed by atoms with Gasteiger partial charge in [-0.3, -0.25) is 4.79 Å². The van der Waals surface area contributed by atoms with Crippen LogP contribution in [-0.2, 0) is 4.79 Å². The van der Waals surface area contributed by atoms with Gasteiger partial charge < -0.3 is 15.1 Å². The van der Waals surface area contributed by atoms with Gasteiger partial charge in [0, 0.05) is 39.6 Å². The fourth-order valence-corrected chi connectivity index (χ4v) is 3.21. The van der Waals surface area contributed by atoms with Gasteiger partial charge in [-0.05, 0) is 44.7 Å². The maximum absolute atomic E-state index is 11.6. The van der Waals surface area contributed by atoms with Crippen LogP contribution >= 0.6 is 0 Å². The predicted octanol–water partition coefficient (Wildman–Crippen LogP) is 0.929. The van der Waals surface area contributed by atoms with E-state index in [1.807, 2.05) is 14.1 Å². The highest BCUT2D eigenvalue weighted by molar-refractivity contribution is 5.75. The summed E-state index contributed by atoms with van der Waals surface area (Å²) in [6.07, 6.45) is 5.99. The first kappa shape index (κ1) is 13.8. The van der Waals surface area contributed by atoms with Crippen molar-refractivity contribution in [2.24, 2.45) is 5.92 Å². The fourth-order valence-electron chi connectivity index (χ4n) is 3.21. The van der Waals surface area contributed by atoms with Crippen LogP contribution < -0.4 is 5.32 Å². The Bertz CT molecular complexity index is 274. The average molecular weight is 253 g/mol. The zero-order valence-corrected chi connectivity index (χ0v) is 11.8. The van der Waals surface area contributed by atoms with Crippen LogP contribution in [0.25, 0.3) is 0 Å². The number of rotatable bonds is 4. The van der Waals surface area contributed by atoms with Crippen LogP contribution in [0.15, 0.2) is 0 Å². The molecule has 2 fully saturated rings. The second kappa shape index (κ2) is 6.53. The number of nitrogens with one attached hydrogen (secondary N) is 1. The summed E-state index contributed by atoms with van der Waals surface area (Å²) in [5, 5.41) is 3.63. The molecule has 0 saturated carbocycles. The van der Waals surface area contributed by atoms with Crippen molar-refractivity contribution in [3.8, 4) is 0 Å². The maximum Gasteiger partial charge on any atom is 0.223 e. The van der Waals surface area contributed by atoms with Gasteiger partial charge in [0.25, 0.3) is 0 Å². The minimum Gasteiger partial charge on any atom is -0.349 e. The molecule has 1 N–H and O–H groups in total. The summed E-state index contributed by atoms with van der Waals surface area (Å²) in [6.45, 7) is 4.48. The summed E-state index contributed by atoms with van der Waals surface area (Å²) in [6, 6.07) is 0.734. The number of hydrogen-bond donors (Lipinski definition) is 1. The maximum atomic E-state index is 11.6. The highest BCUT2D eigenvalue weighted by Crippen LogP contribution is 2.24. The summed E-state index contributed by atoms with van der Waals surface area (Å²) in [7, 11) is 3.67. The quantitative estimate of drug-likeness (QED) is 0.809. The molecule has 0 aromatic rings. The van der Waals surface area contributed by atoms with Crippen LogP contribution in [0.4, 0.5) is 0 Å². The van der Waals surface area contributed by atoms with Crippen LogP contribution in [0, 0.1) is 5.92 Å². The zero-order valence-electron chi connectivity index (χ0n) is 11.8. The minimum absolute atomic E-state index is 0.246. The molecule has 4 heteroatoms. The topological polar surface area (TPSA) is 35.6 Å². The van der Waals surface area contributed by atoms with E-state index in [0.717, 1.165) is 18.5 Å². The van der Waals surface area contributed by atoms with E-state index in [1.54, 1.807) is 4.90 Å². The van der Waals surface area contributed by atoms with Gasteiger partial charge in [0.15, 0.2) is 0 Å². The summed E-state index contributed by atoms with van der Waals surface area (Å²) in [4.78, 5) is 15.8. The van der Waals surface area contributed by atoms with Gasteiger partial charge in [-0.2, -0.15) is 0 Å². The van der Waals surface area contributed by atoms with Gasteiger partial charge in [-0.1, -0.05) is 0 Å². The molecule has 2 unspecified atom stereocenters. The third-order valence-electron chi connectivity index (χ3n) is 4.35. The van der Waals surface area contributed by atoms with E-state index in [4.69, 9.17) is 0 Å². The second-order valence-electron chi connectivity index (χ2n) is 5.94. The molecule has 0 aliphatic carbocycles. The molecule has 2 aliphatic rings. The molecular weight excluding hydrogens is 226 g/mol. The van der Waals surface area contributed by atoms with E-state index in [2.05, 4.69) is 10.2 Å². The molecular formula is C14H27N3O. The zero-order chi connectivity index (χ0) is 13.0. The molecule has 2 rings (SSSR count). The molecule has 2 atom stereocenters. The lowest BCUT2D eigenvalue weighted by molar-refractivity contribution is -0.129. The highest BCUT2D eigenvalue weighted by Gasteiger charge is 2.28. The van der Waals surface area contributed by atoms with Crippen LogP contribution in [0.1, 0.15) is 32.1 Å². The Labute approximate surface area is 111 Å². The molecule has 2 aliphatic heterocycles. The molecule has 2 saturated heterocycles. The lowest BCUT2D eigenvalue weighted by Gasteiger charge is -2.35. The van der Waals surface area contributed by atoms with Gasteiger partial charge in [0.1, 0.15) is 0 Å². The molecule has 4 nitrogen and oxygen atoms in total. The van der Waals surface area contributed by atoms with Crippen LogP contribution in [0.2, 0.25) is 0 Å². The number of hydrogen-bond acceptors (Lipinski definition) is 3. The second-order valence-corrected chi connectivity index (χ2v) is 5.94. The summed E-state index contributed by atoms with van der Waals surface area (Å²) in [5.74, 6) is 1.05. The van der Waals surface area contributed by atoms with E-state index in [9.17, 15) is 4.79 Å². The molecule has 18 heavy (non-hydrogen) atoms. The molecule has 0 aromatic heterocycles. The molecule has 0 bridgehead atoms. The van der Waals surface area contributed by atoms with Crippen molar-refractivity contribution in [1.82, 2.24) is 15.1 Å². The molecule has 0 spiro atoms. The smallest absolute Gasteiger partial charge is 0.223 e. The Morgan fingerprint density at radius 3 is 2.83 bits per heavy atom. The van der Waals surface area contributed by atoms with Crippen LogP contribution in [0.3, 0.4) is 0 Å². The number of nitrogens with zero attached hydrogens (tertiary/aromatic N) is 2. The molecule has 0 aromatic carbocycles. The molecule has 1 amide bonds. The van der Waals surface area contributed by atoms with Crippen LogP contribution in [-0.4, -0.2) is 62.0 Å². The first-order valence-electron chi connectivity index (χ1n) is 7.32. The van der Waals surface area contributed by atoms with Crippen LogP contribution in [0.5, 0.6) is 0 Å². The third kappa shape index (κ3) is 3.69. The Hall–Kier alpha value is -0.610. The first-order valence-corrected chi connectivity index (χ1v) is 7.32. The van der Waals surface area contributed by atoms with Crippen molar-refractivity contribution in [3.05, 3.63) is 0 Å². The summed E-state index contributed by atoms with van der Waals surface area (Å²) >= 11 is 0. The summed E-state index contributed by atoms with van der Waals surface area (Å²) in [5.41, 5.74) is 0. The van der Waals surface area contributed by atoms with E-state index in [-0.39, 0.29) is 5.91 Å². The largest absolute Gasteiger partial charge is 0.349 e. The lowest BCUT2D eigenvalue weighted by Crippen LogP contribution is -2.44. The van der Waals surface area contributed by atoms with Gasteiger partial charge in [0.05, 0.1) is 0 Å². The van der Waals surface area contributed by atoms with Crippen molar-refractivity contribution in [1.29, 1.82) is 0 Å². The van der Waals surface area contributed by atoms with Gasteiger partial charge in [0.2, 0.25) is 5.91 Å². The Kier molecular flexibility index (Phi) is 5.01. The molecule has 104 valence electrons. The number of piperidine rings is 1.